The van der Waals surface area contributed by atoms with Gasteiger partial charge in [-0.05, 0) is 12.8 Å². The minimum atomic E-state index is 0.216. The minimum Gasteiger partial charge on any atom is -0.481 e. The highest BCUT2D eigenvalue weighted by atomic mass is 16.5. The molecule has 0 aliphatic carbocycles. The van der Waals surface area contributed by atoms with Crippen molar-refractivity contribution in [2.75, 3.05) is 30.8 Å². The number of aromatic nitrogens is 7. The van der Waals surface area contributed by atoms with E-state index in [0.717, 1.165) is 43.4 Å². The normalized spacial score (nSPS) is 17.3. The maximum absolute atomic E-state index is 5.82. The van der Waals surface area contributed by atoms with Gasteiger partial charge in [-0.1, -0.05) is 0 Å². The van der Waals surface area contributed by atoms with Crippen LogP contribution in [-0.2, 0) is 13.6 Å². The summed E-state index contributed by atoms with van der Waals surface area (Å²) in [5, 5.41) is 8.86. The number of nitrogens with two attached hydrogens (primary N) is 1. The number of piperidine rings is 1. The summed E-state index contributed by atoms with van der Waals surface area (Å²) in [4.78, 5) is 14.7. The zero-order chi connectivity index (χ0) is 18.8. The molecule has 1 saturated heterocycles. The molecule has 10 nitrogen and oxygen atoms in total. The van der Waals surface area contributed by atoms with Gasteiger partial charge in [-0.25, -0.2) is 4.98 Å². The Bertz CT molecular complexity index is 905. The van der Waals surface area contributed by atoms with Crippen LogP contribution in [0.25, 0.3) is 0 Å². The third-order valence-corrected chi connectivity index (χ3v) is 4.91. The van der Waals surface area contributed by atoms with Crippen LogP contribution in [0.15, 0.2) is 24.8 Å². The predicted molar refractivity (Wildman–Crippen MR) is 99.5 cm³/mol. The Morgan fingerprint density at radius 3 is 2.96 bits per heavy atom. The van der Waals surface area contributed by atoms with E-state index in [9.17, 15) is 0 Å². The molecule has 10 heteroatoms. The molecule has 4 rings (SSSR count). The second kappa shape index (κ2) is 7.22. The molecule has 3 aromatic heterocycles. The Morgan fingerprint density at radius 1 is 1.30 bits per heavy atom. The van der Waals surface area contributed by atoms with Crippen LogP contribution < -0.4 is 15.4 Å². The molecular formula is C17H23N9O. The van der Waals surface area contributed by atoms with Gasteiger partial charge in [0.15, 0.2) is 5.82 Å². The lowest BCUT2D eigenvalue weighted by molar-refractivity contribution is 0.397. The van der Waals surface area contributed by atoms with Crippen LogP contribution in [0.3, 0.4) is 0 Å². The Morgan fingerprint density at radius 2 is 2.19 bits per heavy atom. The Balaban J connectivity index is 1.53. The van der Waals surface area contributed by atoms with Gasteiger partial charge in [0, 0.05) is 44.5 Å². The van der Waals surface area contributed by atoms with Crippen molar-refractivity contribution in [1.29, 1.82) is 0 Å². The van der Waals surface area contributed by atoms with Gasteiger partial charge in [-0.15, -0.1) is 10.2 Å². The quantitative estimate of drug-likeness (QED) is 0.703. The van der Waals surface area contributed by atoms with Gasteiger partial charge in [-0.3, -0.25) is 0 Å². The highest BCUT2D eigenvalue weighted by Gasteiger charge is 2.27. The summed E-state index contributed by atoms with van der Waals surface area (Å²) >= 11 is 0. The van der Waals surface area contributed by atoms with Crippen LogP contribution in [-0.4, -0.2) is 54.5 Å². The second-order valence-corrected chi connectivity index (χ2v) is 6.68. The molecule has 0 bridgehead atoms. The van der Waals surface area contributed by atoms with Gasteiger partial charge in [0.25, 0.3) is 0 Å². The number of ether oxygens (including phenoxy) is 1. The summed E-state index contributed by atoms with van der Waals surface area (Å²) in [5.41, 5.74) is 5.82. The van der Waals surface area contributed by atoms with Gasteiger partial charge in [0.2, 0.25) is 11.8 Å². The molecule has 4 heterocycles. The fourth-order valence-corrected chi connectivity index (χ4v) is 3.50. The van der Waals surface area contributed by atoms with Crippen molar-refractivity contribution in [2.24, 2.45) is 7.05 Å². The van der Waals surface area contributed by atoms with Gasteiger partial charge in [0.05, 0.1) is 20.0 Å². The number of nitrogen functional groups attached to an aromatic ring is 1. The molecular weight excluding hydrogens is 346 g/mol. The molecule has 1 aliphatic heterocycles. The number of methoxy groups -OCH3 is 1. The van der Waals surface area contributed by atoms with Crippen molar-refractivity contribution in [3.05, 3.63) is 36.4 Å². The SMILES string of the molecule is COc1cc(N2CCC[C@H](c3nnc(Cn4ccnc4)n3C)C2)nc(N)n1. The first-order valence-corrected chi connectivity index (χ1v) is 8.91. The van der Waals surface area contributed by atoms with E-state index < -0.39 is 0 Å². The summed E-state index contributed by atoms with van der Waals surface area (Å²) < 4.78 is 9.29. The molecule has 27 heavy (non-hydrogen) atoms. The summed E-state index contributed by atoms with van der Waals surface area (Å²) in [5.74, 6) is 3.64. The molecule has 1 aliphatic rings. The lowest BCUT2D eigenvalue weighted by Gasteiger charge is -2.33. The summed E-state index contributed by atoms with van der Waals surface area (Å²) in [6, 6.07) is 1.82. The van der Waals surface area contributed by atoms with E-state index >= 15 is 0 Å². The lowest BCUT2D eigenvalue weighted by atomic mass is 9.97. The molecule has 0 amide bonds. The van der Waals surface area contributed by atoms with Crippen molar-refractivity contribution in [3.63, 3.8) is 0 Å². The third kappa shape index (κ3) is 3.55. The van der Waals surface area contributed by atoms with Gasteiger partial charge in [-0.2, -0.15) is 9.97 Å². The zero-order valence-electron chi connectivity index (χ0n) is 15.5. The summed E-state index contributed by atoms with van der Waals surface area (Å²) in [6.07, 6.45) is 7.57. The number of anilines is 2. The van der Waals surface area contributed by atoms with Crippen LogP contribution in [0.4, 0.5) is 11.8 Å². The average molecular weight is 369 g/mol. The average Bonchev–Trinajstić information content (AvgIpc) is 3.32. The second-order valence-electron chi connectivity index (χ2n) is 6.68. The van der Waals surface area contributed by atoms with Crippen LogP contribution in [0.5, 0.6) is 5.88 Å². The topological polar surface area (TPSA) is 113 Å². The van der Waals surface area contributed by atoms with Crippen molar-refractivity contribution in [2.45, 2.75) is 25.3 Å². The summed E-state index contributed by atoms with van der Waals surface area (Å²) in [6.45, 7) is 2.37. The van der Waals surface area contributed by atoms with Gasteiger partial charge < -0.3 is 24.5 Å². The fraction of sp³-hybridized carbons (Fsp3) is 0.471. The standard InChI is InChI=1S/C17H23N9O/c1-24-14(10-25-7-5-19-11-25)22-23-16(24)12-4-3-6-26(9-12)13-8-15(27-2)21-17(18)20-13/h5,7-8,11-12H,3-4,6,9-10H2,1-2H3,(H2,18,20,21)/t12-/m0/s1. The van der Waals surface area contributed by atoms with Crippen molar-refractivity contribution in [1.82, 2.24) is 34.3 Å². The fourth-order valence-electron chi connectivity index (χ4n) is 3.50. The van der Waals surface area contributed by atoms with E-state index in [-0.39, 0.29) is 11.9 Å². The predicted octanol–water partition coefficient (Wildman–Crippen LogP) is 0.825. The summed E-state index contributed by atoms with van der Waals surface area (Å²) in [7, 11) is 3.60. The van der Waals surface area contributed by atoms with Crippen LogP contribution in [0.2, 0.25) is 0 Å². The Labute approximate surface area is 157 Å². The number of imidazole rings is 1. The largest absolute Gasteiger partial charge is 0.481 e. The third-order valence-electron chi connectivity index (χ3n) is 4.91. The van der Waals surface area contributed by atoms with E-state index in [1.54, 1.807) is 19.6 Å². The van der Waals surface area contributed by atoms with Crippen LogP contribution >= 0.6 is 0 Å². The molecule has 0 radical (unpaired) electrons. The molecule has 0 spiro atoms. The van der Waals surface area contributed by atoms with Crippen molar-refractivity contribution >= 4 is 11.8 Å². The number of hydrogen-bond acceptors (Lipinski definition) is 8. The number of nitrogens with zero attached hydrogens (tertiary/aromatic N) is 8. The molecule has 0 unspecified atom stereocenters. The molecule has 0 aromatic carbocycles. The van der Waals surface area contributed by atoms with Gasteiger partial charge in [0.1, 0.15) is 11.6 Å². The maximum atomic E-state index is 5.82. The van der Waals surface area contributed by atoms with E-state index in [0.29, 0.717) is 12.4 Å². The van der Waals surface area contributed by atoms with Crippen molar-refractivity contribution < 1.29 is 4.74 Å². The lowest BCUT2D eigenvalue weighted by Crippen LogP contribution is -2.36. The zero-order valence-corrected chi connectivity index (χ0v) is 15.5. The molecule has 0 saturated carbocycles. The van der Waals surface area contributed by atoms with E-state index in [4.69, 9.17) is 10.5 Å². The maximum Gasteiger partial charge on any atom is 0.225 e. The molecule has 2 N–H and O–H groups in total. The first kappa shape index (κ1) is 17.3. The van der Waals surface area contributed by atoms with E-state index in [2.05, 4.69) is 34.6 Å². The number of hydrogen-bond donors (Lipinski definition) is 1. The first-order valence-electron chi connectivity index (χ1n) is 8.91. The monoisotopic (exact) mass is 369 g/mol. The molecule has 142 valence electrons. The molecule has 3 aromatic rings. The Hall–Kier alpha value is -3.17. The Kier molecular flexibility index (Phi) is 4.61. The van der Waals surface area contributed by atoms with E-state index in [1.807, 2.05) is 23.9 Å². The molecule has 1 fully saturated rings. The minimum absolute atomic E-state index is 0.216. The van der Waals surface area contributed by atoms with Crippen LogP contribution in [0, 0.1) is 0 Å². The number of rotatable bonds is 5. The first-order chi connectivity index (χ1) is 13.1. The molecule has 1 atom stereocenters. The van der Waals surface area contributed by atoms with Crippen molar-refractivity contribution in [3.8, 4) is 5.88 Å². The van der Waals surface area contributed by atoms with E-state index in [1.165, 1.54) is 0 Å². The highest BCUT2D eigenvalue weighted by molar-refractivity contribution is 5.46. The van der Waals surface area contributed by atoms with Crippen LogP contribution in [0.1, 0.15) is 30.4 Å². The highest BCUT2D eigenvalue weighted by Crippen LogP contribution is 2.29. The smallest absolute Gasteiger partial charge is 0.225 e. The van der Waals surface area contributed by atoms with Gasteiger partial charge >= 0.3 is 0 Å².